The summed E-state index contributed by atoms with van der Waals surface area (Å²) in [6.07, 6.45) is 1.16. The Bertz CT molecular complexity index is 266. The van der Waals surface area contributed by atoms with Gasteiger partial charge in [0.15, 0.2) is 0 Å². The summed E-state index contributed by atoms with van der Waals surface area (Å²) in [4.78, 5) is 14.3. The van der Waals surface area contributed by atoms with Crippen LogP contribution >= 0.6 is 0 Å². The van der Waals surface area contributed by atoms with E-state index in [4.69, 9.17) is 4.74 Å². The average Bonchev–Trinajstić information content (AvgIpc) is 2.27. The van der Waals surface area contributed by atoms with E-state index in [0.717, 1.165) is 26.1 Å². The summed E-state index contributed by atoms with van der Waals surface area (Å²) in [5.74, 6) is 0.117. The molecule has 17 heavy (non-hydrogen) atoms. The third kappa shape index (κ3) is 4.28. The van der Waals surface area contributed by atoms with Crippen LogP contribution in [0.5, 0.6) is 0 Å². The molecule has 1 saturated heterocycles. The minimum absolute atomic E-state index is 0.0767. The molecular formula is C13H26N2O2. The van der Waals surface area contributed by atoms with Gasteiger partial charge in [-0.1, -0.05) is 6.92 Å². The first kappa shape index (κ1) is 14.5. The molecule has 2 atom stereocenters. The van der Waals surface area contributed by atoms with Crippen LogP contribution in [0.15, 0.2) is 0 Å². The molecule has 0 saturated carbocycles. The van der Waals surface area contributed by atoms with Gasteiger partial charge in [0.25, 0.3) is 0 Å². The molecule has 100 valence electrons. The highest BCUT2D eigenvalue weighted by Gasteiger charge is 2.28. The Morgan fingerprint density at radius 1 is 1.59 bits per heavy atom. The standard InChI is InChI=1S/C13H26N2O2/c1-6-13(4,5)14-12(16)11(3)15-7-8-17-10(2)9-15/h10-11H,6-9H2,1-5H3,(H,14,16). The highest BCUT2D eigenvalue weighted by atomic mass is 16.5. The van der Waals surface area contributed by atoms with Crippen LogP contribution in [-0.4, -0.2) is 48.2 Å². The molecule has 4 nitrogen and oxygen atoms in total. The molecule has 0 aromatic rings. The van der Waals surface area contributed by atoms with Gasteiger partial charge in [-0.2, -0.15) is 0 Å². The van der Waals surface area contributed by atoms with Crippen LogP contribution in [-0.2, 0) is 9.53 Å². The van der Waals surface area contributed by atoms with Crippen LogP contribution in [0.4, 0.5) is 0 Å². The molecule has 1 amide bonds. The summed E-state index contributed by atoms with van der Waals surface area (Å²) in [5, 5.41) is 3.10. The van der Waals surface area contributed by atoms with Crippen molar-refractivity contribution < 1.29 is 9.53 Å². The van der Waals surface area contributed by atoms with Crippen molar-refractivity contribution in [3.05, 3.63) is 0 Å². The van der Waals surface area contributed by atoms with Crippen LogP contribution in [0.25, 0.3) is 0 Å². The van der Waals surface area contributed by atoms with Gasteiger partial charge in [-0.05, 0) is 34.1 Å². The molecule has 0 bridgehead atoms. The Balaban J connectivity index is 2.51. The van der Waals surface area contributed by atoms with Crippen molar-refractivity contribution in [3.8, 4) is 0 Å². The fraction of sp³-hybridized carbons (Fsp3) is 0.923. The first-order valence-corrected chi connectivity index (χ1v) is 6.53. The number of hydrogen-bond acceptors (Lipinski definition) is 3. The number of carbonyl (C=O) groups is 1. The van der Waals surface area contributed by atoms with E-state index in [9.17, 15) is 4.79 Å². The summed E-state index contributed by atoms with van der Waals surface area (Å²) in [6, 6.07) is -0.0767. The molecule has 0 aromatic carbocycles. The number of amides is 1. The predicted molar refractivity (Wildman–Crippen MR) is 69.0 cm³/mol. The summed E-state index contributed by atoms with van der Waals surface area (Å²) in [6.45, 7) is 12.6. The molecule has 1 rings (SSSR count). The normalized spacial score (nSPS) is 24.4. The number of nitrogens with zero attached hydrogens (tertiary/aromatic N) is 1. The Labute approximate surface area is 105 Å². The van der Waals surface area contributed by atoms with Gasteiger partial charge in [-0.25, -0.2) is 0 Å². The largest absolute Gasteiger partial charge is 0.376 e. The number of rotatable bonds is 4. The Kier molecular flexibility index (Phi) is 4.95. The zero-order valence-corrected chi connectivity index (χ0v) is 11.7. The van der Waals surface area contributed by atoms with Crippen molar-refractivity contribution in [1.82, 2.24) is 10.2 Å². The van der Waals surface area contributed by atoms with Gasteiger partial charge in [-0.15, -0.1) is 0 Å². The van der Waals surface area contributed by atoms with Crippen molar-refractivity contribution in [1.29, 1.82) is 0 Å². The monoisotopic (exact) mass is 242 g/mol. The van der Waals surface area contributed by atoms with Gasteiger partial charge in [0.05, 0.1) is 18.8 Å². The van der Waals surface area contributed by atoms with Gasteiger partial charge in [-0.3, -0.25) is 9.69 Å². The minimum Gasteiger partial charge on any atom is -0.376 e. The molecule has 0 aromatic heterocycles. The van der Waals surface area contributed by atoms with Crippen LogP contribution in [0.3, 0.4) is 0 Å². The number of carbonyl (C=O) groups excluding carboxylic acids is 1. The van der Waals surface area contributed by atoms with E-state index in [0.29, 0.717) is 0 Å². The van der Waals surface area contributed by atoms with Gasteiger partial charge < -0.3 is 10.1 Å². The van der Waals surface area contributed by atoms with Crippen molar-refractivity contribution in [2.24, 2.45) is 0 Å². The van der Waals surface area contributed by atoms with Crippen LogP contribution in [0.2, 0.25) is 0 Å². The molecule has 0 spiro atoms. The van der Waals surface area contributed by atoms with E-state index in [1.165, 1.54) is 0 Å². The number of morpholine rings is 1. The summed E-state index contributed by atoms with van der Waals surface area (Å²) in [7, 11) is 0. The van der Waals surface area contributed by atoms with E-state index >= 15 is 0 Å². The van der Waals surface area contributed by atoms with Crippen molar-refractivity contribution in [2.75, 3.05) is 19.7 Å². The maximum absolute atomic E-state index is 12.1. The van der Waals surface area contributed by atoms with E-state index in [1.54, 1.807) is 0 Å². The third-order valence-electron chi connectivity index (χ3n) is 3.55. The lowest BCUT2D eigenvalue weighted by atomic mass is 10.0. The predicted octanol–water partition coefficient (Wildman–Crippen LogP) is 1.40. The Morgan fingerprint density at radius 2 is 2.24 bits per heavy atom. The average molecular weight is 242 g/mol. The smallest absolute Gasteiger partial charge is 0.237 e. The molecule has 1 aliphatic heterocycles. The van der Waals surface area contributed by atoms with E-state index in [-0.39, 0.29) is 23.6 Å². The molecule has 0 aliphatic carbocycles. The minimum atomic E-state index is -0.122. The van der Waals surface area contributed by atoms with E-state index in [1.807, 2.05) is 13.8 Å². The highest BCUT2D eigenvalue weighted by Crippen LogP contribution is 2.12. The second-order valence-electron chi connectivity index (χ2n) is 5.58. The fourth-order valence-corrected chi connectivity index (χ4v) is 1.89. The lowest BCUT2D eigenvalue weighted by Gasteiger charge is -2.36. The molecule has 0 radical (unpaired) electrons. The second kappa shape index (κ2) is 5.83. The molecule has 1 aliphatic rings. The second-order valence-corrected chi connectivity index (χ2v) is 5.58. The maximum atomic E-state index is 12.1. The van der Waals surface area contributed by atoms with Crippen molar-refractivity contribution >= 4 is 5.91 Å². The topological polar surface area (TPSA) is 41.6 Å². The Morgan fingerprint density at radius 3 is 2.76 bits per heavy atom. The molecule has 2 unspecified atom stereocenters. The zero-order chi connectivity index (χ0) is 13.1. The van der Waals surface area contributed by atoms with Gasteiger partial charge >= 0.3 is 0 Å². The van der Waals surface area contributed by atoms with Crippen molar-refractivity contribution in [2.45, 2.75) is 58.7 Å². The van der Waals surface area contributed by atoms with E-state index < -0.39 is 0 Å². The Hall–Kier alpha value is -0.610. The van der Waals surface area contributed by atoms with Crippen LogP contribution in [0, 0.1) is 0 Å². The molecule has 1 N–H and O–H groups in total. The molecule has 1 heterocycles. The lowest BCUT2D eigenvalue weighted by molar-refractivity contribution is -0.130. The third-order valence-corrected chi connectivity index (χ3v) is 3.55. The fourth-order valence-electron chi connectivity index (χ4n) is 1.89. The highest BCUT2D eigenvalue weighted by molar-refractivity contribution is 5.82. The molecular weight excluding hydrogens is 216 g/mol. The number of ether oxygens (including phenoxy) is 1. The quantitative estimate of drug-likeness (QED) is 0.810. The SMILES string of the molecule is CCC(C)(C)NC(=O)C(C)N1CCOC(C)C1. The first-order chi connectivity index (χ1) is 7.85. The van der Waals surface area contributed by atoms with Gasteiger partial charge in [0, 0.05) is 18.6 Å². The maximum Gasteiger partial charge on any atom is 0.237 e. The molecule has 4 heteroatoms. The number of nitrogens with one attached hydrogen (secondary N) is 1. The van der Waals surface area contributed by atoms with Crippen LogP contribution < -0.4 is 5.32 Å². The van der Waals surface area contributed by atoms with Gasteiger partial charge in [0.1, 0.15) is 0 Å². The first-order valence-electron chi connectivity index (χ1n) is 6.53. The van der Waals surface area contributed by atoms with Gasteiger partial charge in [0.2, 0.25) is 5.91 Å². The van der Waals surface area contributed by atoms with E-state index in [2.05, 4.69) is 31.0 Å². The summed E-state index contributed by atoms with van der Waals surface area (Å²) < 4.78 is 5.49. The number of hydrogen-bond donors (Lipinski definition) is 1. The van der Waals surface area contributed by atoms with Crippen molar-refractivity contribution in [3.63, 3.8) is 0 Å². The molecule has 1 fully saturated rings. The van der Waals surface area contributed by atoms with Crippen LogP contribution in [0.1, 0.15) is 41.0 Å². The lowest BCUT2D eigenvalue weighted by Crippen LogP contribution is -2.55. The summed E-state index contributed by atoms with van der Waals surface area (Å²) in [5.41, 5.74) is -0.122. The zero-order valence-electron chi connectivity index (χ0n) is 11.7. The summed E-state index contributed by atoms with van der Waals surface area (Å²) >= 11 is 0.